The molecule has 1 aliphatic heterocycles. The molecule has 7 heteroatoms. The van der Waals surface area contributed by atoms with Gasteiger partial charge in [-0.3, -0.25) is 0 Å². The van der Waals surface area contributed by atoms with Crippen LogP contribution in [0.2, 0.25) is 0 Å². The first-order chi connectivity index (χ1) is 13.0. The standard InChI is InChI=1S/C21H31BN4O2/c1-20(2,3)13-26-14-10-11-15(17(22)18(14)23-24-26)28-16-9-7-8-12-25(6)19(16)21(4,5)27/h7,9-10,15,27H,8,11-13H2,1-6H3. The Hall–Kier alpha value is -2.02. The zero-order chi connectivity index (χ0) is 20.7. The third-order valence-corrected chi connectivity index (χ3v) is 4.91. The van der Waals surface area contributed by atoms with E-state index in [0.29, 0.717) is 23.0 Å². The Balaban J connectivity index is 1.97. The quantitative estimate of drug-likeness (QED) is 0.789. The molecule has 1 aromatic heterocycles. The molecule has 1 unspecified atom stereocenters. The van der Waals surface area contributed by atoms with Crippen molar-refractivity contribution in [2.75, 3.05) is 13.6 Å². The molecule has 1 atom stereocenters. The Labute approximate surface area is 168 Å². The molecule has 0 saturated heterocycles. The first-order valence-corrected chi connectivity index (χ1v) is 9.88. The van der Waals surface area contributed by atoms with Crippen molar-refractivity contribution in [2.24, 2.45) is 5.41 Å². The molecular weight excluding hydrogens is 351 g/mol. The summed E-state index contributed by atoms with van der Waals surface area (Å²) in [4.78, 5) is 2.04. The molecule has 0 amide bonds. The van der Waals surface area contributed by atoms with Gasteiger partial charge in [-0.25, -0.2) is 4.68 Å². The Morgan fingerprint density at radius 3 is 2.64 bits per heavy atom. The van der Waals surface area contributed by atoms with Crippen LogP contribution in [-0.2, 0) is 11.3 Å². The third kappa shape index (κ3) is 4.35. The van der Waals surface area contributed by atoms with Crippen LogP contribution in [0, 0.1) is 5.41 Å². The van der Waals surface area contributed by atoms with Gasteiger partial charge in [-0.15, -0.1) is 5.10 Å². The van der Waals surface area contributed by atoms with Gasteiger partial charge in [0.2, 0.25) is 0 Å². The number of nitrogens with zero attached hydrogens (tertiary/aromatic N) is 4. The largest absolute Gasteiger partial charge is 0.485 e. The number of hydrogen-bond acceptors (Lipinski definition) is 5. The summed E-state index contributed by atoms with van der Waals surface area (Å²) in [5.74, 6) is 0.652. The minimum atomic E-state index is -1.02. The van der Waals surface area contributed by atoms with Crippen LogP contribution in [0.4, 0.5) is 0 Å². The van der Waals surface area contributed by atoms with E-state index in [-0.39, 0.29) is 11.5 Å². The Morgan fingerprint density at radius 1 is 1.29 bits per heavy atom. The molecule has 1 aliphatic carbocycles. The second kappa shape index (κ2) is 7.43. The molecule has 6 nitrogen and oxygen atoms in total. The van der Waals surface area contributed by atoms with Gasteiger partial charge in [0.05, 0.1) is 11.0 Å². The normalized spacial score (nSPS) is 20.8. The second-order valence-corrected chi connectivity index (χ2v) is 9.43. The first kappa shape index (κ1) is 20.7. The molecule has 1 aromatic rings. The topological polar surface area (TPSA) is 63.4 Å². The number of aromatic nitrogens is 3. The zero-order valence-electron chi connectivity index (χ0n) is 17.9. The molecule has 1 N–H and O–H groups in total. The van der Waals surface area contributed by atoms with Crippen LogP contribution in [0.3, 0.4) is 0 Å². The lowest BCUT2D eigenvalue weighted by Gasteiger charge is -2.33. The maximum atomic E-state index is 10.7. The van der Waals surface area contributed by atoms with Crippen LogP contribution < -0.4 is 10.7 Å². The molecule has 0 fully saturated rings. The molecule has 28 heavy (non-hydrogen) atoms. The lowest BCUT2D eigenvalue weighted by molar-refractivity contribution is 0.0720. The lowest BCUT2D eigenvalue weighted by Crippen LogP contribution is -2.41. The summed E-state index contributed by atoms with van der Waals surface area (Å²) in [5, 5.41) is 20.9. The van der Waals surface area contributed by atoms with Gasteiger partial charge in [0, 0.05) is 26.6 Å². The molecule has 2 aliphatic rings. The Morgan fingerprint density at radius 2 is 2.00 bits per heavy atom. The van der Waals surface area contributed by atoms with E-state index in [4.69, 9.17) is 12.6 Å². The number of rotatable bonds is 4. The smallest absolute Gasteiger partial charge is 0.141 e. The fourth-order valence-electron chi connectivity index (χ4n) is 3.76. The minimum absolute atomic E-state index is 0.0968. The van der Waals surface area contributed by atoms with E-state index >= 15 is 0 Å². The number of ether oxygens (including phenoxy) is 1. The van der Waals surface area contributed by atoms with E-state index in [1.807, 2.05) is 22.7 Å². The molecule has 0 saturated carbocycles. The van der Waals surface area contributed by atoms with Crippen LogP contribution >= 0.6 is 0 Å². The highest BCUT2D eigenvalue weighted by atomic mass is 16.5. The fraction of sp³-hybridized carbons (Fsp3) is 0.619. The molecule has 150 valence electrons. The van der Waals surface area contributed by atoms with Gasteiger partial charge in [0.15, 0.2) is 0 Å². The second-order valence-electron chi connectivity index (χ2n) is 9.43. The first-order valence-electron chi connectivity index (χ1n) is 9.88. The van der Waals surface area contributed by atoms with Gasteiger partial charge >= 0.3 is 0 Å². The highest BCUT2D eigenvalue weighted by molar-refractivity contribution is 6.39. The molecule has 0 spiro atoms. The minimum Gasteiger partial charge on any atom is -0.485 e. The SMILES string of the molecule is [B]C1=c2nnn(CC(C)(C)C)c2=CCC1OC1=C(C(C)(C)O)N(C)CCC=C1. The predicted molar refractivity (Wildman–Crippen MR) is 112 cm³/mol. The van der Waals surface area contributed by atoms with Gasteiger partial charge in [0.1, 0.15) is 30.7 Å². The van der Waals surface area contributed by atoms with Crippen molar-refractivity contribution in [1.29, 1.82) is 0 Å². The van der Waals surface area contributed by atoms with Gasteiger partial charge in [-0.05, 0) is 37.2 Å². The van der Waals surface area contributed by atoms with Crippen molar-refractivity contribution in [3.8, 4) is 0 Å². The zero-order valence-corrected chi connectivity index (χ0v) is 17.9. The fourth-order valence-corrected chi connectivity index (χ4v) is 3.76. The number of likely N-dealkylation sites (N-methyl/N-ethyl adjacent to an activating group) is 1. The van der Waals surface area contributed by atoms with Gasteiger partial charge in [-0.2, -0.15) is 0 Å². The summed E-state index contributed by atoms with van der Waals surface area (Å²) >= 11 is 0. The summed E-state index contributed by atoms with van der Waals surface area (Å²) in [7, 11) is 8.42. The Bertz CT molecular complexity index is 916. The molecule has 3 rings (SSSR count). The van der Waals surface area contributed by atoms with E-state index in [9.17, 15) is 5.11 Å². The Kier molecular flexibility index (Phi) is 5.50. The number of hydrogen-bond donors (Lipinski definition) is 1. The van der Waals surface area contributed by atoms with E-state index in [1.165, 1.54) is 0 Å². The summed E-state index contributed by atoms with van der Waals surface area (Å²) in [5.41, 5.74) is 0.420. The summed E-state index contributed by atoms with van der Waals surface area (Å²) in [6.45, 7) is 11.7. The summed E-state index contributed by atoms with van der Waals surface area (Å²) in [6.07, 6.45) is 7.29. The summed E-state index contributed by atoms with van der Waals surface area (Å²) in [6, 6.07) is 0. The van der Waals surface area contributed by atoms with Gasteiger partial charge in [0.25, 0.3) is 0 Å². The summed E-state index contributed by atoms with van der Waals surface area (Å²) < 4.78 is 8.24. The average Bonchev–Trinajstić information content (AvgIpc) is 2.83. The predicted octanol–water partition coefficient (Wildman–Crippen LogP) is 1.04. The van der Waals surface area contributed by atoms with Crippen LogP contribution in [0.5, 0.6) is 0 Å². The average molecular weight is 382 g/mol. The lowest BCUT2D eigenvalue weighted by atomic mass is 9.85. The monoisotopic (exact) mass is 382 g/mol. The van der Waals surface area contributed by atoms with Crippen molar-refractivity contribution in [3.05, 3.63) is 34.3 Å². The van der Waals surface area contributed by atoms with Gasteiger partial charge < -0.3 is 14.7 Å². The molecule has 0 aromatic carbocycles. The third-order valence-electron chi connectivity index (χ3n) is 4.91. The number of aliphatic hydroxyl groups is 1. The van der Waals surface area contributed by atoms with Crippen LogP contribution in [0.25, 0.3) is 11.5 Å². The van der Waals surface area contributed by atoms with Crippen molar-refractivity contribution in [2.45, 2.75) is 65.7 Å². The van der Waals surface area contributed by atoms with E-state index in [0.717, 1.165) is 30.6 Å². The van der Waals surface area contributed by atoms with Crippen molar-refractivity contribution in [3.63, 3.8) is 0 Å². The maximum Gasteiger partial charge on any atom is 0.141 e. The number of allylic oxidation sites excluding steroid dienone is 1. The molecule has 0 bridgehead atoms. The van der Waals surface area contributed by atoms with Crippen LogP contribution in [0.1, 0.15) is 47.5 Å². The van der Waals surface area contributed by atoms with E-state index in [2.05, 4.69) is 43.2 Å². The highest BCUT2D eigenvalue weighted by Crippen LogP contribution is 2.29. The number of fused-ring (bicyclic) bond motifs is 1. The van der Waals surface area contributed by atoms with Crippen molar-refractivity contribution >= 4 is 19.4 Å². The van der Waals surface area contributed by atoms with Crippen molar-refractivity contribution in [1.82, 2.24) is 19.9 Å². The van der Waals surface area contributed by atoms with E-state index in [1.54, 1.807) is 13.8 Å². The van der Waals surface area contributed by atoms with E-state index < -0.39 is 5.60 Å². The van der Waals surface area contributed by atoms with Crippen LogP contribution in [-0.4, -0.2) is 58.1 Å². The molecule has 2 radical (unpaired) electrons. The van der Waals surface area contributed by atoms with Crippen LogP contribution in [0.15, 0.2) is 23.6 Å². The highest BCUT2D eigenvalue weighted by Gasteiger charge is 2.30. The maximum absolute atomic E-state index is 10.7. The van der Waals surface area contributed by atoms with Crippen molar-refractivity contribution < 1.29 is 9.84 Å². The molecule has 2 heterocycles. The molecular formula is C21H31BN4O2. The van der Waals surface area contributed by atoms with Gasteiger partial charge in [-0.1, -0.05) is 38.1 Å².